The van der Waals surface area contributed by atoms with Crippen molar-refractivity contribution in [2.75, 3.05) is 30.4 Å². The zero-order chi connectivity index (χ0) is 32.8. The third-order valence-corrected chi connectivity index (χ3v) is 9.63. The number of nitrogens with one attached hydrogen (secondary N) is 1. The van der Waals surface area contributed by atoms with E-state index in [2.05, 4.69) is 15.0 Å². The predicted octanol–water partition coefficient (Wildman–Crippen LogP) is 5.74. The van der Waals surface area contributed by atoms with Gasteiger partial charge in [-0.2, -0.15) is 22.0 Å². The minimum absolute atomic E-state index is 0.0563. The molecule has 0 aliphatic carbocycles. The average molecular weight is 656 g/mol. The lowest BCUT2D eigenvalue weighted by Gasteiger charge is -2.40. The summed E-state index contributed by atoms with van der Waals surface area (Å²) >= 11 is 0. The minimum atomic E-state index is -4.46. The van der Waals surface area contributed by atoms with E-state index in [1.54, 1.807) is 23.1 Å². The number of anilines is 1. The van der Waals surface area contributed by atoms with Crippen LogP contribution in [0.4, 0.5) is 27.8 Å². The number of ether oxygens (including phenoxy) is 1. The summed E-state index contributed by atoms with van der Waals surface area (Å²) in [4.78, 5) is 19.4. The van der Waals surface area contributed by atoms with Crippen molar-refractivity contribution in [3.8, 4) is 0 Å². The smallest absolute Gasteiger partial charge is 0.396 e. The number of aliphatic hydroxyl groups is 1. The van der Waals surface area contributed by atoms with Crippen LogP contribution in [0.1, 0.15) is 65.2 Å². The Labute approximate surface area is 258 Å². The first-order valence-corrected chi connectivity index (χ1v) is 16.0. The van der Waals surface area contributed by atoms with Crippen molar-refractivity contribution < 1.29 is 45.0 Å². The number of piperidine rings is 1. The monoisotopic (exact) mass is 655 g/mol. The largest absolute Gasteiger partial charge is 0.416 e. The summed E-state index contributed by atoms with van der Waals surface area (Å²) in [5, 5.41) is 12.4. The van der Waals surface area contributed by atoms with Crippen molar-refractivity contribution >= 4 is 21.6 Å². The highest BCUT2D eigenvalue weighted by Gasteiger charge is 2.33. The SMILES string of the molecule is CCS(=O)(=O)c1ccc([C@H](CCO)NC(=O)c2ccc(N3CC(c4ccc(C(F)(F)F)cc4)CC[C@H]3COC(F)F)nc2)cc1. The summed E-state index contributed by atoms with van der Waals surface area (Å²) in [6.07, 6.45) is -2.01. The summed E-state index contributed by atoms with van der Waals surface area (Å²) in [7, 11) is -3.41. The van der Waals surface area contributed by atoms with Crippen LogP contribution in [0.5, 0.6) is 0 Å². The molecule has 1 amide bonds. The Morgan fingerprint density at radius 2 is 1.76 bits per heavy atom. The normalized spacial score (nSPS) is 18.2. The first-order valence-electron chi connectivity index (χ1n) is 14.4. The van der Waals surface area contributed by atoms with E-state index in [9.17, 15) is 40.3 Å². The van der Waals surface area contributed by atoms with Gasteiger partial charge in [-0.1, -0.05) is 31.2 Å². The molecule has 1 aliphatic rings. The van der Waals surface area contributed by atoms with Crippen LogP contribution in [0.15, 0.2) is 71.8 Å². The van der Waals surface area contributed by atoms with E-state index in [4.69, 9.17) is 0 Å². The molecule has 1 fully saturated rings. The van der Waals surface area contributed by atoms with E-state index in [-0.39, 0.29) is 48.3 Å². The molecular formula is C31H34F5N3O5S. The molecule has 45 heavy (non-hydrogen) atoms. The lowest BCUT2D eigenvalue weighted by Crippen LogP contribution is -2.46. The fourth-order valence-corrected chi connectivity index (χ4v) is 6.22. The van der Waals surface area contributed by atoms with Crippen LogP contribution >= 0.6 is 0 Å². The number of rotatable bonds is 12. The van der Waals surface area contributed by atoms with Crippen LogP contribution in [0.25, 0.3) is 0 Å². The summed E-state index contributed by atoms with van der Waals surface area (Å²) in [5.74, 6) is -0.376. The van der Waals surface area contributed by atoms with Gasteiger partial charge >= 0.3 is 12.8 Å². The predicted molar refractivity (Wildman–Crippen MR) is 157 cm³/mol. The Kier molecular flexibility index (Phi) is 11.2. The molecule has 2 N–H and O–H groups in total. The molecule has 1 aliphatic heterocycles. The standard InChI is InChI=1S/C31H34F5N3O5S/c1-2-45(42,43)26-12-6-21(7-13-26)27(15-16-40)38-29(41)22-8-14-28(37-17-22)39-18-23(5-11-25(39)19-44-30(32)33)20-3-9-24(10-4-20)31(34,35)36/h3-4,6-10,12-14,17,23,25,27,30,40H,2,5,11,15-16,18-19H2,1H3,(H,38,41)/t23?,25-,27-/m0/s1. The number of hydrogen-bond acceptors (Lipinski definition) is 7. The molecular weight excluding hydrogens is 621 g/mol. The van der Waals surface area contributed by atoms with Crippen LogP contribution in [-0.2, 0) is 20.8 Å². The number of aromatic nitrogens is 1. The Morgan fingerprint density at radius 3 is 2.31 bits per heavy atom. The number of aliphatic hydroxyl groups excluding tert-OH is 1. The minimum Gasteiger partial charge on any atom is -0.396 e. The van der Waals surface area contributed by atoms with Crippen LogP contribution in [0, 0.1) is 0 Å². The molecule has 0 saturated carbocycles. The molecule has 0 spiro atoms. The number of nitrogens with zero attached hydrogens (tertiary/aromatic N) is 2. The molecule has 3 atom stereocenters. The van der Waals surface area contributed by atoms with E-state index >= 15 is 0 Å². The zero-order valence-electron chi connectivity index (χ0n) is 24.4. The van der Waals surface area contributed by atoms with Crippen molar-refractivity contribution in [2.24, 2.45) is 0 Å². The van der Waals surface area contributed by atoms with Gasteiger partial charge < -0.3 is 20.1 Å². The van der Waals surface area contributed by atoms with Gasteiger partial charge in [0, 0.05) is 25.3 Å². The number of sulfone groups is 1. The van der Waals surface area contributed by atoms with Crippen LogP contribution in [0.3, 0.4) is 0 Å². The molecule has 8 nitrogen and oxygen atoms in total. The van der Waals surface area contributed by atoms with Gasteiger partial charge in [0.15, 0.2) is 9.84 Å². The van der Waals surface area contributed by atoms with Gasteiger partial charge in [0.2, 0.25) is 0 Å². The second-order valence-electron chi connectivity index (χ2n) is 10.7. The zero-order valence-corrected chi connectivity index (χ0v) is 25.2. The Morgan fingerprint density at radius 1 is 1.07 bits per heavy atom. The maximum absolute atomic E-state index is 13.1. The van der Waals surface area contributed by atoms with Gasteiger partial charge in [-0.15, -0.1) is 0 Å². The molecule has 2 aromatic carbocycles. The fraction of sp³-hybridized carbons (Fsp3) is 0.419. The summed E-state index contributed by atoms with van der Waals surface area (Å²) in [6, 6.07) is 12.9. The van der Waals surface area contributed by atoms with Crippen molar-refractivity contribution in [1.82, 2.24) is 10.3 Å². The molecule has 0 radical (unpaired) electrons. The summed E-state index contributed by atoms with van der Waals surface area (Å²) in [5.41, 5.74) is 0.692. The van der Waals surface area contributed by atoms with Crippen molar-refractivity contribution in [3.05, 3.63) is 89.1 Å². The molecule has 1 aromatic heterocycles. The number of pyridine rings is 1. The maximum Gasteiger partial charge on any atom is 0.416 e. The molecule has 1 unspecified atom stereocenters. The highest BCUT2D eigenvalue weighted by Crippen LogP contribution is 2.35. The maximum atomic E-state index is 13.1. The van der Waals surface area contributed by atoms with E-state index in [0.29, 0.717) is 29.8 Å². The number of halogens is 5. The van der Waals surface area contributed by atoms with Crippen molar-refractivity contribution in [3.63, 3.8) is 0 Å². The topological polar surface area (TPSA) is 109 Å². The van der Waals surface area contributed by atoms with Gasteiger partial charge in [-0.3, -0.25) is 4.79 Å². The number of amides is 1. The Hall–Kier alpha value is -3.62. The molecule has 3 aromatic rings. The highest BCUT2D eigenvalue weighted by molar-refractivity contribution is 7.91. The van der Waals surface area contributed by atoms with E-state index in [0.717, 1.165) is 12.1 Å². The van der Waals surface area contributed by atoms with Gasteiger partial charge in [0.25, 0.3) is 5.91 Å². The highest BCUT2D eigenvalue weighted by atomic mass is 32.2. The Balaban J connectivity index is 1.50. The number of alkyl halides is 5. The quantitative estimate of drug-likeness (QED) is 0.240. The summed E-state index contributed by atoms with van der Waals surface area (Å²) < 4.78 is 93.7. The van der Waals surface area contributed by atoms with E-state index < -0.39 is 46.2 Å². The van der Waals surface area contributed by atoms with Gasteiger partial charge in [0.1, 0.15) is 5.82 Å². The first-order chi connectivity index (χ1) is 21.3. The third kappa shape index (κ3) is 8.76. The number of benzene rings is 2. The molecule has 2 heterocycles. The second kappa shape index (κ2) is 14.6. The molecule has 244 valence electrons. The van der Waals surface area contributed by atoms with Gasteiger partial charge in [-0.25, -0.2) is 13.4 Å². The van der Waals surface area contributed by atoms with E-state index in [1.807, 2.05) is 0 Å². The summed E-state index contributed by atoms with van der Waals surface area (Å²) in [6.45, 7) is -1.68. The average Bonchev–Trinajstić information content (AvgIpc) is 3.03. The lowest BCUT2D eigenvalue weighted by atomic mass is 9.87. The molecule has 14 heteroatoms. The van der Waals surface area contributed by atoms with Crippen molar-refractivity contribution in [1.29, 1.82) is 0 Å². The molecule has 1 saturated heterocycles. The number of carbonyl (C=O) groups excluding carboxylic acids is 1. The van der Waals surface area contributed by atoms with Crippen molar-refractivity contribution in [2.45, 2.75) is 61.9 Å². The van der Waals surface area contributed by atoms with Crippen LogP contribution in [-0.4, -0.2) is 62.6 Å². The number of hydrogen-bond donors (Lipinski definition) is 2. The van der Waals surface area contributed by atoms with Gasteiger partial charge in [0.05, 0.1) is 40.5 Å². The van der Waals surface area contributed by atoms with Crippen LogP contribution in [0.2, 0.25) is 0 Å². The Bertz CT molecular complexity index is 1520. The molecule has 0 bridgehead atoms. The van der Waals surface area contributed by atoms with Crippen LogP contribution < -0.4 is 10.2 Å². The lowest BCUT2D eigenvalue weighted by molar-refractivity contribution is -0.137. The first kappa shape index (κ1) is 34.3. The molecule has 4 rings (SSSR count). The van der Waals surface area contributed by atoms with E-state index in [1.165, 1.54) is 43.5 Å². The van der Waals surface area contributed by atoms with Gasteiger partial charge in [-0.05, 0) is 66.8 Å². The second-order valence-corrected chi connectivity index (χ2v) is 13.0. The fourth-order valence-electron chi connectivity index (χ4n) is 5.34. The number of carbonyl (C=O) groups is 1. The third-order valence-electron chi connectivity index (χ3n) is 7.88.